The smallest absolute Gasteiger partial charge is 0.311 e. The van der Waals surface area contributed by atoms with Gasteiger partial charge in [-0.2, -0.15) is 5.10 Å². The second kappa shape index (κ2) is 4.25. The molecular formula is C10H14N2O3. The molecule has 0 fully saturated rings. The molecule has 0 saturated heterocycles. The molecule has 1 aromatic rings. The third kappa shape index (κ3) is 2.90. The van der Waals surface area contributed by atoms with Gasteiger partial charge in [-0.3, -0.25) is 9.59 Å². The summed E-state index contributed by atoms with van der Waals surface area (Å²) in [5, 5.41) is 5.94. The molecule has 1 N–H and O–H groups in total. The number of H-pyrrole nitrogens is 1. The lowest BCUT2D eigenvalue weighted by molar-refractivity contribution is -0.150. The van der Waals surface area contributed by atoms with Crippen LogP contribution < -0.4 is 5.56 Å². The fourth-order valence-corrected chi connectivity index (χ4v) is 1.37. The summed E-state index contributed by atoms with van der Waals surface area (Å²) in [6, 6.07) is 1.43. The van der Waals surface area contributed by atoms with Crippen LogP contribution >= 0.6 is 0 Å². The summed E-state index contributed by atoms with van der Waals surface area (Å²) in [6.07, 6.45) is 1.96. The van der Waals surface area contributed by atoms with Crippen LogP contribution in [0.1, 0.15) is 19.4 Å². The van der Waals surface area contributed by atoms with Crippen molar-refractivity contribution in [1.82, 2.24) is 10.2 Å². The van der Waals surface area contributed by atoms with Gasteiger partial charge in [0.15, 0.2) is 0 Å². The van der Waals surface area contributed by atoms with Crippen LogP contribution in [0.4, 0.5) is 0 Å². The Hall–Kier alpha value is -1.65. The zero-order valence-corrected chi connectivity index (χ0v) is 9.03. The average molecular weight is 210 g/mol. The molecule has 0 saturated carbocycles. The Morgan fingerprint density at radius 2 is 2.27 bits per heavy atom. The number of methoxy groups -OCH3 is 1. The number of carbonyl (C=O) groups is 1. The van der Waals surface area contributed by atoms with Crippen LogP contribution in [-0.2, 0) is 16.0 Å². The van der Waals surface area contributed by atoms with Crippen LogP contribution in [0, 0.1) is 5.41 Å². The van der Waals surface area contributed by atoms with E-state index in [0.717, 1.165) is 0 Å². The molecule has 1 heterocycles. The molecule has 0 atom stereocenters. The standard InChI is InChI=1S/C10H14N2O3/c1-10(2,9(14)15-3)5-7-4-8(13)12-11-6-7/h4,6H,5H2,1-3H3,(H,12,13). The van der Waals surface area contributed by atoms with Crippen LogP contribution in [0.5, 0.6) is 0 Å². The van der Waals surface area contributed by atoms with Crippen molar-refractivity contribution in [2.75, 3.05) is 7.11 Å². The van der Waals surface area contributed by atoms with Crippen LogP contribution in [-0.4, -0.2) is 23.3 Å². The minimum absolute atomic E-state index is 0.270. The molecule has 0 aliphatic rings. The van der Waals surface area contributed by atoms with Gasteiger partial charge in [-0.1, -0.05) is 0 Å². The number of nitrogens with zero attached hydrogens (tertiary/aromatic N) is 1. The summed E-state index contributed by atoms with van der Waals surface area (Å²) in [7, 11) is 1.35. The molecule has 5 nitrogen and oxygen atoms in total. The van der Waals surface area contributed by atoms with E-state index in [1.54, 1.807) is 13.8 Å². The first-order valence-electron chi connectivity index (χ1n) is 4.58. The number of carbonyl (C=O) groups excluding carboxylic acids is 1. The minimum Gasteiger partial charge on any atom is -0.469 e. The van der Waals surface area contributed by atoms with Crippen LogP contribution in [0.15, 0.2) is 17.1 Å². The van der Waals surface area contributed by atoms with Crippen LogP contribution in [0.3, 0.4) is 0 Å². The largest absolute Gasteiger partial charge is 0.469 e. The molecule has 0 amide bonds. The van der Waals surface area contributed by atoms with E-state index in [4.69, 9.17) is 0 Å². The molecule has 5 heteroatoms. The van der Waals surface area contributed by atoms with Crippen molar-refractivity contribution in [3.05, 3.63) is 28.2 Å². The van der Waals surface area contributed by atoms with Gasteiger partial charge in [0, 0.05) is 6.07 Å². The highest BCUT2D eigenvalue weighted by atomic mass is 16.5. The Bertz CT molecular complexity index is 409. The van der Waals surface area contributed by atoms with Crippen molar-refractivity contribution >= 4 is 5.97 Å². The molecule has 0 radical (unpaired) electrons. The second-order valence-corrected chi connectivity index (χ2v) is 4.01. The maximum Gasteiger partial charge on any atom is 0.311 e. The Balaban J connectivity index is 2.86. The average Bonchev–Trinajstić information content (AvgIpc) is 2.15. The Kier molecular flexibility index (Phi) is 3.24. The zero-order chi connectivity index (χ0) is 11.5. The number of hydrogen-bond acceptors (Lipinski definition) is 4. The Morgan fingerprint density at radius 1 is 1.60 bits per heavy atom. The fraction of sp³-hybridized carbons (Fsp3) is 0.500. The minimum atomic E-state index is -0.649. The van der Waals surface area contributed by atoms with E-state index < -0.39 is 5.41 Å². The maximum absolute atomic E-state index is 11.4. The highest BCUT2D eigenvalue weighted by molar-refractivity contribution is 5.76. The Morgan fingerprint density at radius 3 is 2.80 bits per heavy atom. The highest BCUT2D eigenvalue weighted by Gasteiger charge is 2.29. The van der Waals surface area contributed by atoms with Gasteiger partial charge in [-0.05, 0) is 25.8 Å². The fourth-order valence-electron chi connectivity index (χ4n) is 1.37. The summed E-state index contributed by atoms with van der Waals surface area (Å²) in [4.78, 5) is 22.4. The van der Waals surface area contributed by atoms with Gasteiger partial charge in [0.25, 0.3) is 5.56 Å². The highest BCUT2D eigenvalue weighted by Crippen LogP contribution is 2.22. The summed E-state index contributed by atoms with van der Waals surface area (Å²) >= 11 is 0. The summed E-state index contributed by atoms with van der Waals surface area (Å²) in [5.41, 5.74) is -0.202. The monoisotopic (exact) mass is 210 g/mol. The lowest BCUT2D eigenvalue weighted by atomic mass is 9.86. The molecule has 0 unspecified atom stereocenters. The van der Waals surface area contributed by atoms with E-state index in [9.17, 15) is 9.59 Å². The molecule has 1 aromatic heterocycles. The number of aromatic nitrogens is 2. The number of ether oxygens (including phenoxy) is 1. The summed E-state index contributed by atoms with van der Waals surface area (Å²) < 4.78 is 4.67. The van der Waals surface area contributed by atoms with Gasteiger partial charge < -0.3 is 4.74 Å². The van der Waals surface area contributed by atoms with E-state index in [-0.39, 0.29) is 11.5 Å². The van der Waals surface area contributed by atoms with Crippen LogP contribution in [0.2, 0.25) is 0 Å². The molecular weight excluding hydrogens is 196 g/mol. The van der Waals surface area contributed by atoms with Crippen LogP contribution in [0.25, 0.3) is 0 Å². The molecule has 15 heavy (non-hydrogen) atoms. The van der Waals surface area contributed by atoms with E-state index in [1.165, 1.54) is 19.4 Å². The molecule has 0 aromatic carbocycles. The lowest BCUT2D eigenvalue weighted by Crippen LogP contribution is -2.28. The maximum atomic E-state index is 11.4. The van der Waals surface area contributed by atoms with Crippen molar-refractivity contribution < 1.29 is 9.53 Å². The molecule has 82 valence electrons. The van der Waals surface area contributed by atoms with Crippen molar-refractivity contribution in [2.45, 2.75) is 20.3 Å². The second-order valence-electron chi connectivity index (χ2n) is 4.01. The normalized spacial score (nSPS) is 11.1. The zero-order valence-electron chi connectivity index (χ0n) is 9.03. The van der Waals surface area contributed by atoms with Gasteiger partial charge in [-0.25, -0.2) is 5.10 Å². The number of aromatic amines is 1. The van der Waals surface area contributed by atoms with Gasteiger partial charge >= 0.3 is 5.97 Å². The molecule has 0 aliphatic carbocycles. The topological polar surface area (TPSA) is 72.0 Å². The van der Waals surface area contributed by atoms with Crippen molar-refractivity contribution in [3.63, 3.8) is 0 Å². The van der Waals surface area contributed by atoms with E-state index in [1.807, 2.05) is 0 Å². The van der Waals surface area contributed by atoms with E-state index >= 15 is 0 Å². The summed E-state index contributed by atoms with van der Waals surface area (Å²) in [5.74, 6) is -0.303. The van der Waals surface area contributed by atoms with Crippen molar-refractivity contribution in [3.8, 4) is 0 Å². The van der Waals surface area contributed by atoms with Crippen molar-refractivity contribution in [2.24, 2.45) is 5.41 Å². The lowest BCUT2D eigenvalue weighted by Gasteiger charge is -2.20. The quantitative estimate of drug-likeness (QED) is 0.738. The van der Waals surface area contributed by atoms with Gasteiger partial charge in [-0.15, -0.1) is 0 Å². The first-order valence-corrected chi connectivity index (χ1v) is 4.58. The first-order chi connectivity index (χ1) is 6.95. The molecule has 1 rings (SSSR count). The molecule has 0 aliphatic heterocycles. The van der Waals surface area contributed by atoms with Gasteiger partial charge in [0.1, 0.15) is 0 Å². The predicted octanol–water partition coefficient (Wildman–Crippen LogP) is 0.512. The number of esters is 1. The SMILES string of the molecule is COC(=O)C(C)(C)Cc1cn[nH]c(=O)c1. The van der Waals surface area contributed by atoms with Crippen molar-refractivity contribution in [1.29, 1.82) is 0 Å². The predicted molar refractivity (Wildman–Crippen MR) is 54.4 cm³/mol. The number of nitrogens with one attached hydrogen (secondary N) is 1. The molecule has 0 bridgehead atoms. The van der Waals surface area contributed by atoms with Gasteiger partial charge in [0.05, 0.1) is 18.7 Å². The molecule has 0 spiro atoms. The summed E-state index contributed by atoms with van der Waals surface area (Å²) in [6.45, 7) is 3.53. The van der Waals surface area contributed by atoms with Gasteiger partial charge in [0.2, 0.25) is 0 Å². The third-order valence-corrected chi connectivity index (χ3v) is 2.11. The number of hydrogen-bond donors (Lipinski definition) is 1. The van der Waals surface area contributed by atoms with E-state index in [2.05, 4.69) is 14.9 Å². The number of rotatable bonds is 3. The Labute approximate surface area is 87.5 Å². The third-order valence-electron chi connectivity index (χ3n) is 2.11. The first kappa shape index (κ1) is 11.4. The van der Waals surface area contributed by atoms with E-state index in [0.29, 0.717) is 12.0 Å².